The van der Waals surface area contributed by atoms with E-state index in [2.05, 4.69) is 33.9 Å². The van der Waals surface area contributed by atoms with Crippen LogP contribution in [0.25, 0.3) is 0 Å². The van der Waals surface area contributed by atoms with E-state index in [4.69, 9.17) is 5.73 Å². The number of nitrogens with one attached hydrogen (secondary N) is 1. The fraction of sp³-hybridized carbons (Fsp3) is 0.375. The van der Waals surface area contributed by atoms with Gasteiger partial charge in [0.05, 0.1) is 0 Å². The summed E-state index contributed by atoms with van der Waals surface area (Å²) >= 11 is 0. The maximum absolute atomic E-state index is 12.1. The van der Waals surface area contributed by atoms with Gasteiger partial charge in [0.25, 0.3) is 0 Å². The number of imidazole rings is 1. The Hall–Kier alpha value is -2.71. The van der Waals surface area contributed by atoms with Gasteiger partial charge < -0.3 is 20.4 Å². The summed E-state index contributed by atoms with van der Waals surface area (Å²) in [4.78, 5) is 8.44. The SMILES string of the molecule is CC(C)Cn1ccnc1CN=C(N)Nc1ccc(OC(F)(F)F)cc1. The third kappa shape index (κ3) is 6.36. The van der Waals surface area contributed by atoms with Crippen molar-refractivity contribution in [2.24, 2.45) is 16.6 Å². The lowest BCUT2D eigenvalue weighted by atomic mass is 10.2. The summed E-state index contributed by atoms with van der Waals surface area (Å²) in [7, 11) is 0. The average molecular weight is 355 g/mol. The molecule has 6 nitrogen and oxygen atoms in total. The van der Waals surface area contributed by atoms with Crippen LogP contribution in [-0.4, -0.2) is 21.9 Å². The third-order valence-corrected chi connectivity index (χ3v) is 3.11. The van der Waals surface area contributed by atoms with Crippen LogP contribution in [0, 0.1) is 5.92 Å². The summed E-state index contributed by atoms with van der Waals surface area (Å²) in [6.07, 6.45) is -1.13. The number of aliphatic imine (C=N–C) groups is 1. The molecule has 3 N–H and O–H groups in total. The molecule has 1 heterocycles. The molecule has 25 heavy (non-hydrogen) atoms. The second-order valence-electron chi connectivity index (χ2n) is 5.79. The Morgan fingerprint density at radius 2 is 2.00 bits per heavy atom. The number of halogens is 3. The predicted octanol–water partition coefficient (Wildman–Crippen LogP) is 3.36. The molecule has 0 aliphatic rings. The summed E-state index contributed by atoms with van der Waals surface area (Å²) in [5, 5.41) is 2.81. The number of rotatable bonds is 6. The number of nitrogens with zero attached hydrogens (tertiary/aromatic N) is 3. The molecule has 0 bridgehead atoms. The summed E-state index contributed by atoms with van der Waals surface area (Å²) in [5.74, 6) is 1.10. The van der Waals surface area contributed by atoms with Crippen LogP contribution in [0.15, 0.2) is 41.7 Å². The number of anilines is 1. The standard InChI is InChI=1S/C16H20F3N5O/c1-11(2)10-24-8-7-21-14(24)9-22-15(20)23-12-3-5-13(6-4-12)25-16(17,18)19/h3-8,11H,9-10H2,1-2H3,(H3,20,22,23). The molecule has 0 fully saturated rings. The van der Waals surface area contributed by atoms with E-state index in [-0.39, 0.29) is 11.7 Å². The van der Waals surface area contributed by atoms with Gasteiger partial charge in [0.2, 0.25) is 0 Å². The smallest absolute Gasteiger partial charge is 0.406 e. The van der Waals surface area contributed by atoms with E-state index in [9.17, 15) is 13.2 Å². The van der Waals surface area contributed by atoms with Gasteiger partial charge in [0.15, 0.2) is 5.96 Å². The quantitative estimate of drug-likeness (QED) is 0.615. The van der Waals surface area contributed by atoms with E-state index in [0.717, 1.165) is 12.4 Å². The number of nitrogens with two attached hydrogens (primary N) is 1. The van der Waals surface area contributed by atoms with E-state index >= 15 is 0 Å². The van der Waals surface area contributed by atoms with Gasteiger partial charge in [-0.1, -0.05) is 13.8 Å². The number of aromatic nitrogens is 2. The van der Waals surface area contributed by atoms with E-state index in [1.807, 2.05) is 10.8 Å². The maximum atomic E-state index is 12.1. The first kappa shape index (κ1) is 18.6. The Labute approximate surface area is 143 Å². The Kier molecular flexibility index (Phi) is 5.89. The number of benzene rings is 1. The zero-order chi connectivity index (χ0) is 18.4. The van der Waals surface area contributed by atoms with Gasteiger partial charge in [0.1, 0.15) is 18.1 Å². The van der Waals surface area contributed by atoms with Gasteiger partial charge in [-0.15, -0.1) is 13.2 Å². The highest BCUT2D eigenvalue weighted by atomic mass is 19.4. The molecule has 0 unspecified atom stereocenters. The fourth-order valence-corrected chi connectivity index (χ4v) is 2.13. The minimum absolute atomic E-state index is 0.142. The summed E-state index contributed by atoms with van der Waals surface area (Å²) in [5.41, 5.74) is 6.31. The van der Waals surface area contributed by atoms with Crippen molar-refractivity contribution in [2.75, 3.05) is 5.32 Å². The number of ether oxygens (including phenoxy) is 1. The zero-order valence-corrected chi connectivity index (χ0v) is 13.9. The normalized spacial score (nSPS) is 12.5. The summed E-state index contributed by atoms with van der Waals surface area (Å²) in [6.45, 7) is 5.34. The van der Waals surface area contributed by atoms with Gasteiger partial charge >= 0.3 is 6.36 Å². The first-order valence-corrected chi connectivity index (χ1v) is 7.65. The maximum Gasteiger partial charge on any atom is 0.573 e. The average Bonchev–Trinajstić information content (AvgIpc) is 2.92. The lowest BCUT2D eigenvalue weighted by Gasteiger charge is -2.11. The third-order valence-electron chi connectivity index (χ3n) is 3.11. The molecule has 136 valence electrons. The zero-order valence-electron chi connectivity index (χ0n) is 13.9. The van der Waals surface area contributed by atoms with Gasteiger partial charge in [-0.05, 0) is 30.2 Å². The minimum Gasteiger partial charge on any atom is -0.406 e. The number of alkyl halides is 3. The van der Waals surface area contributed by atoms with E-state index in [1.165, 1.54) is 24.3 Å². The summed E-state index contributed by atoms with van der Waals surface area (Å²) in [6, 6.07) is 5.23. The van der Waals surface area contributed by atoms with Gasteiger partial charge in [-0.3, -0.25) is 0 Å². The molecule has 0 saturated carbocycles. The lowest BCUT2D eigenvalue weighted by Crippen LogP contribution is -2.23. The Morgan fingerprint density at radius 1 is 1.32 bits per heavy atom. The molecule has 1 aromatic carbocycles. The highest BCUT2D eigenvalue weighted by Crippen LogP contribution is 2.23. The predicted molar refractivity (Wildman–Crippen MR) is 89.1 cm³/mol. The molecule has 0 spiro atoms. The second-order valence-corrected chi connectivity index (χ2v) is 5.79. The highest BCUT2D eigenvalue weighted by molar-refractivity contribution is 5.92. The van der Waals surface area contributed by atoms with Crippen molar-refractivity contribution < 1.29 is 17.9 Å². The van der Waals surface area contributed by atoms with Crippen LogP contribution < -0.4 is 15.8 Å². The van der Waals surface area contributed by atoms with Crippen LogP contribution >= 0.6 is 0 Å². The van der Waals surface area contributed by atoms with Gasteiger partial charge in [0, 0.05) is 24.6 Å². The van der Waals surface area contributed by atoms with Gasteiger partial charge in [-0.2, -0.15) is 0 Å². The van der Waals surface area contributed by atoms with E-state index < -0.39 is 6.36 Å². The fourth-order valence-electron chi connectivity index (χ4n) is 2.13. The molecule has 0 saturated heterocycles. The van der Waals surface area contributed by atoms with Crippen molar-refractivity contribution in [2.45, 2.75) is 33.3 Å². The number of hydrogen-bond acceptors (Lipinski definition) is 3. The van der Waals surface area contributed by atoms with Crippen LogP contribution in [-0.2, 0) is 13.1 Å². The van der Waals surface area contributed by atoms with Crippen molar-refractivity contribution in [3.05, 3.63) is 42.5 Å². The van der Waals surface area contributed by atoms with Crippen LogP contribution in [0.4, 0.5) is 18.9 Å². The molecular weight excluding hydrogens is 335 g/mol. The first-order valence-electron chi connectivity index (χ1n) is 7.65. The van der Waals surface area contributed by atoms with Crippen molar-refractivity contribution in [1.29, 1.82) is 0 Å². The number of guanidine groups is 1. The molecular formula is C16H20F3N5O. The topological polar surface area (TPSA) is 77.5 Å². The molecule has 0 atom stereocenters. The molecule has 1 aromatic heterocycles. The van der Waals surface area contributed by atoms with Crippen molar-refractivity contribution in [3.63, 3.8) is 0 Å². The van der Waals surface area contributed by atoms with Crippen LogP contribution in [0.2, 0.25) is 0 Å². The van der Waals surface area contributed by atoms with Crippen molar-refractivity contribution >= 4 is 11.6 Å². The minimum atomic E-state index is -4.71. The molecule has 2 aromatic rings. The van der Waals surface area contributed by atoms with Crippen LogP contribution in [0.5, 0.6) is 5.75 Å². The largest absolute Gasteiger partial charge is 0.573 e. The Morgan fingerprint density at radius 3 is 2.60 bits per heavy atom. The first-order chi connectivity index (χ1) is 11.7. The Bertz CT molecular complexity index is 707. The van der Waals surface area contributed by atoms with E-state index in [1.54, 1.807) is 6.20 Å². The van der Waals surface area contributed by atoms with E-state index in [0.29, 0.717) is 18.2 Å². The van der Waals surface area contributed by atoms with Crippen LogP contribution in [0.3, 0.4) is 0 Å². The van der Waals surface area contributed by atoms with Crippen LogP contribution in [0.1, 0.15) is 19.7 Å². The van der Waals surface area contributed by atoms with Gasteiger partial charge in [-0.25, -0.2) is 9.98 Å². The molecule has 0 aliphatic heterocycles. The molecule has 0 aliphatic carbocycles. The molecule has 2 rings (SSSR count). The highest BCUT2D eigenvalue weighted by Gasteiger charge is 2.30. The Balaban J connectivity index is 1.94. The number of hydrogen-bond donors (Lipinski definition) is 2. The monoisotopic (exact) mass is 355 g/mol. The molecule has 0 radical (unpaired) electrons. The van der Waals surface area contributed by atoms with Crippen molar-refractivity contribution in [1.82, 2.24) is 9.55 Å². The molecule has 0 amide bonds. The van der Waals surface area contributed by atoms with Crippen molar-refractivity contribution in [3.8, 4) is 5.75 Å². The second kappa shape index (κ2) is 7.91. The summed E-state index contributed by atoms with van der Waals surface area (Å²) < 4.78 is 42.1. The molecule has 9 heteroatoms. The lowest BCUT2D eigenvalue weighted by molar-refractivity contribution is -0.274.